The fourth-order valence-electron chi connectivity index (χ4n) is 2.93. The Morgan fingerprint density at radius 2 is 2.00 bits per heavy atom. The first kappa shape index (κ1) is 19.6. The molecule has 0 spiro atoms. The summed E-state index contributed by atoms with van der Waals surface area (Å²) in [7, 11) is 3.50. The maximum absolute atomic E-state index is 13.1. The molecule has 2 N–H and O–H groups in total. The zero-order valence-electron chi connectivity index (χ0n) is 16.1. The zero-order chi connectivity index (χ0) is 20.1. The van der Waals surface area contributed by atoms with E-state index < -0.39 is 0 Å². The smallest absolute Gasteiger partial charge is 0.279 e. The first-order valence-corrected chi connectivity index (χ1v) is 8.92. The standard InChI is InChI=1S/C21H22FN3O3/c1-14-19(24-28-21(14)15-7-9-16(22)10-8-15)12-25(2)13-20(26)23-17-5-4-6-18(11-17)27-3/h4-11H,12-13H2,1-3H3,(H,23,26)/p+1. The van der Waals surface area contributed by atoms with Crippen LogP contribution in [0.3, 0.4) is 0 Å². The highest BCUT2D eigenvalue weighted by molar-refractivity contribution is 5.91. The normalized spacial score (nSPS) is 11.9. The second-order valence-corrected chi connectivity index (χ2v) is 6.68. The Morgan fingerprint density at radius 3 is 2.71 bits per heavy atom. The van der Waals surface area contributed by atoms with E-state index in [2.05, 4.69) is 10.5 Å². The third kappa shape index (κ3) is 4.75. The summed E-state index contributed by atoms with van der Waals surface area (Å²) in [6.07, 6.45) is 0. The van der Waals surface area contributed by atoms with Crippen LogP contribution in [-0.2, 0) is 11.3 Å². The molecule has 1 heterocycles. The molecule has 3 rings (SSSR count). The van der Waals surface area contributed by atoms with Crippen LogP contribution in [0.5, 0.6) is 5.75 Å². The molecule has 7 heteroatoms. The number of hydrogen-bond acceptors (Lipinski definition) is 4. The predicted molar refractivity (Wildman–Crippen MR) is 104 cm³/mol. The highest BCUT2D eigenvalue weighted by Gasteiger charge is 2.19. The summed E-state index contributed by atoms with van der Waals surface area (Å²) in [5, 5.41) is 7.00. The van der Waals surface area contributed by atoms with Gasteiger partial charge in [0.2, 0.25) is 0 Å². The first-order valence-electron chi connectivity index (χ1n) is 8.92. The van der Waals surface area contributed by atoms with Gasteiger partial charge >= 0.3 is 0 Å². The van der Waals surface area contributed by atoms with Gasteiger partial charge in [-0.15, -0.1) is 0 Å². The molecule has 1 amide bonds. The topological polar surface area (TPSA) is 68.8 Å². The quantitative estimate of drug-likeness (QED) is 0.657. The number of anilines is 1. The molecule has 0 aliphatic carbocycles. The van der Waals surface area contributed by atoms with Crippen molar-refractivity contribution in [3.05, 3.63) is 65.6 Å². The van der Waals surface area contributed by atoms with Crippen molar-refractivity contribution in [2.75, 3.05) is 26.0 Å². The van der Waals surface area contributed by atoms with Crippen molar-refractivity contribution in [1.82, 2.24) is 5.16 Å². The number of benzene rings is 2. The van der Waals surface area contributed by atoms with Crippen molar-refractivity contribution in [2.24, 2.45) is 0 Å². The number of carbonyl (C=O) groups is 1. The maximum atomic E-state index is 13.1. The van der Waals surface area contributed by atoms with Crippen molar-refractivity contribution in [1.29, 1.82) is 0 Å². The molecule has 3 aromatic rings. The molecule has 0 saturated heterocycles. The van der Waals surface area contributed by atoms with Crippen molar-refractivity contribution in [2.45, 2.75) is 13.5 Å². The fraction of sp³-hybridized carbons (Fsp3) is 0.238. The molecule has 0 radical (unpaired) electrons. The SMILES string of the molecule is COc1cccc(NC(=O)C[NH+](C)Cc2noc(-c3ccc(F)cc3)c2C)c1. The lowest BCUT2D eigenvalue weighted by molar-refractivity contribution is -0.885. The summed E-state index contributed by atoms with van der Waals surface area (Å²) in [5.41, 5.74) is 3.12. The van der Waals surface area contributed by atoms with Crippen LogP contribution in [0, 0.1) is 12.7 Å². The largest absolute Gasteiger partial charge is 0.497 e. The maximum Gasteiger partial charge on any atom is 0.279 e. The summed E-state index contributed by atoms with van der Waals surface area (Å²) < 4.78 is 23.7. The van der Waals surface area contributed by atoms with E-state index in [1.807, 2.05) is 32.2 Å². The molecular formula is C21H23FN3O3+. The number of quaternary nitrogens is 1. The van der Waals surface area contributed by atoms with Gasteiger partial charge in [0.25, 0.3) is 5.91 Å². The van der Waals surface area contributed by atoms with Crippen molar-refractivity contribution >= 4 is 11.6 Å². The van der Waals surface area contributed by atoms with Gasteiger partial charge < -0.3 is 19.5 Å². The summed E-state index contributed by atoms with van der Waals surface area (Å²) in [4.78, 5) is 13.3. The third-order valence-corrected chi connectivity index (χ3v) is 4.41. The molecule has 0 aliphatic rings. The van der Waals surface area contributed by atoms with Crippen molar-refractivity contribution in [3.8, 4) is 17.1 Å². The molecular weight excluding hydrogens is 361 g/mol. The van der Waals surface area contributed by atoms with Gasteiger partial charge in [-0.05, 0) is 43.3 Å². The Hall–Kier alpha value is -3.19. The average molecular weight is 384 g/mol. The number of rotatable bonds is 7. The molecule has 1 unspecified atom stereocenters. The predicted octanol–water partition coefficient (Wildman–Crippen LogP) is 2.45. The van der Waals surface area contributed by atoms with Crippen LogP contribution >= 0.6 is 0 Å². The van der Waals surface area contributed by atoms with Gasteiger partial charge in [0.15, 0.2) is 12.3 Å². The van der Waals surface area contributed by atoms with E-state index in [0.717, 1.165) is 21.7 Å². The number of likely N-dealkylation sites (N-methyl/N-ethyl adjacent to an activating group) is 1. The lowest BCUT2D eigenvalue weighted by Gasteiger charge is -2.13. The van der Waals surface area contributed by atoms with Crippen molar-refractivity contribution in [3.63, 3.8) is 0 Å². The van der Waals surface area contributed by atoms with Crippen LogP contribution in [0.1, 0.15) is 11.3 Å². The van der Waals surface area contributed by atoms with Gasteiger partial charge in [-0.25, -0.2) is 4.39 Å². The summed E-state index contributed by atoms with van der Waals surface area (Å²) in [6, 6.07) is 13.3. The van der Waals surface area contributed by atoms with Gasteiger partial charge in [-0.2, -0.15) is 0 Å². The minimum Gasteiger partial charge on any atom is -0.497 e. The highest BCUT2D eigenvalue weighted by atomic mass is 19.1. The Balaban J connectivity index is 1.61. The number of aromatic nitrogens is 1. The van der Waals surface area contributed by atoms with E-state index in [4.69, 9.17) is 9.26 Å². The van der Waals surface area contributed by atoms with Crippen LogP contribution in [-0.4, -0.2) is 31.8 Å². The Morgan fingerprint density at radius 1 is 1.25 bits per heavy atom. The molecule has 1 aromatic heterocycles. The van der Waals surface area contributed by atoms with E-state index in [1.54, 1.807) is 25.3 Å². The van der Waals surface area contributed by atoms with Gasteiger partial charge in [-0.3, -0.25) is 4.79 Å². The van der Waals surface area contributed by atoms with Gasteiger partial charge in [0.1, 0.15) is 23.8 Å². The van der Waals surface area contributed by atoms with E-state index in [-0.39, 0.29) is 18.3 Å². The van der Waals surface area contributed by atoms with E-state index >= 15 is 0 Å². The Labute approximate surface area is 162 Å². The molecule has 0 aliphatic heterocycles. The molecule has 1 atom stereocenters. The number of methoxy groups -OCH3 is 1. The summed E-state index contributed by atoms with van der Waals surface area (Å²) in [5.74, 6) is 0.895. The van der Waals surface area contributed by atoms with E-state index in [9.17, 15) is 9.18 Å². The van der Waals surface area contributed by atoms with Crippen LogP contribution in [0.25, 0.3) is 11.3 Å². The number of amides is 1. The molecule has 6 nitrogen and oxygen atoms in total. The van der Waals surface area contributed by atoms with Crippen LogP contribution in [0.4, 0.5) is 10.1 Å². The Bertz CT molecular complexity index is 954. The second-order valence-electron chi connectivity index (χ2n) is 6.68. The monoisotopic (exact) mass is 384 g/mol. The van der Waals surface area contributed by atoms with Crippen LogP contribution in [0.15, 0.2) is 53.1 Å². The number of nitrogens with one attached hydrogen (secondary N) is 2. The molecule has 0 bridgehead atoms. The van der Waals surface area contributed by atoms with Crippen LogP contribution in [0.2, 0.25) is 0 Å². The number of hydrogen-bond donors (Lipinski definition) is 2. The zero-order valence-corrected chi connectivity index (χ0v) is 16.1. The van der Waals surface area contributed by atoms with Gasteiger partial charge in [0, 0.05) is 22.9 Å². The molecule has 0 fully saturated rings. The summed E-state index contributed by atoms with van der Waals surface area (Å²) >= 11 is 0. The van der Waals surface area contributed by atoms with E-state index in [1.165, 1.54) is 12.1 Å². The highest BCUT2D eigenvalue weighted by Crippen LogP contribution is 2.25. The minimum atomic E-state index is -0.299. The van der Waals surface area contributed by atoms with Gasteiger partial charge in [0.05, 0.1) is 14.2 Å². The van der Waals surface area contributed by atoms with Crippen molar-refractivity contribution < 1.29 is 23.3 Å². The second kappa shape index (κ2) is 8.67. The number of carbonyl (C=O) groups excluding carboxylic acids is 1. The molecule has 2 aromatic carbocycles. The summed E-state index contributed by atoms with van der Waals surface area (Å²) in [6.45, 7) is 2.71. The molecule has 28 heavy (non-hydrogen) atoms. The number of nitrogens with zero attached hydrogens (tertiary/aromatic N) is 1. The molecule has 0 saturated carbocycles. The fourth-order valence-corrected chi connectivity index (χ4v) is 2.93. The lowest BCUT2D eigenvalue weighted by atomic mass is 10.1. The Kier molecular flexibility index (Phi) is 6.06. The average Bonchev–Trinajstić information content (AvgIpc) is 3.02. The number of halogens is 1. The molecule has 146 valence electrons. The third-order valence-electron chi connectivity index (χ3n) is 4.41. The first-order chi connectivity index (χ1) is 13.5. The van der Waals surface area contributed by atoms with E-state index in [0.29, 0.717) is 23.7 Å². The van der Waals surface area contributed by atoms with Crippen LogP contribution < -0.4 is 15.0 Å². The number of ether oxygens (including phenoxy) is 1. The lowest BCUT2D eigenvalue weighted by Crippen LogP contribution is -3.08. The van der Waals surface area contributed by atoms with Gasteiger partial charge in [-0.1, -0.05) is 11.2 Å². The minimum absolute atomic E-state index is 0.106.